The Morgan fingerprint density at radius 2 is 1.75 bits per heavy atom. The molecule has 0 saturated carbocycles. The standard InChI is InChI=1S/C27H24N2O6S/c1-18-23(28-26(35-18)19-7-3-2-4-8-19)15-16-34-21-11-13-22(14-12-21)36(32,33)29-24-10-6-5-9-20(24)17-25(29)27(30)31/h2-14,25H,15-17H2,1H3,(H,30,31). The predicted molar refractivity (Wildman–Crippen MR) is 134 cm³/mol. The van der Waals surface area contributed by atoms with E-state index < -0.39 is 22.0 Å². The van der Waals surface area contributed by atoms with E-state index in [1.807, 2.05) is 37.3 Å². The number of aromatic nitrogens is 1. The topological polar surface area (TPSA) is 110 Å². The second-order valence-electron chi connectivity index (χ2n) is 8.45. The molecule has 184 valence electrons. The van der Waals surface area contributed by atoms with Crippen molar-refractivity contribution in [2.45, 2.75) is 30.7 Å². The fourth-order valence-corrected chi connectivity index (χ4v) is 5.94. The Hall–Kier alpha value is -4.11. The third-order valence-corrected chi connectivity index (χ3v) is 7.95. The molecule has 1 aliphatic heterocycles. The van der Waals surface area contributed by atoms with E-state index in [2.05, 4.69) is 4.98 Å². The van der Waals surface area contributed by atoms with Crippen molar-refractivity contribution in [3.8, 4) is 17.2 Å². The highest BCUT2D eigenvalue weighted by Gasteiger charge is 2.42. The van der Waals surface area contributed by atoms with Crippen LogP contribution < -0.4 is 9.04 Å². The maximum Gasteiger partial charge on any atom is 0.327 e. The van der Waals surface area contributed by atoms with E-state index >= 15 is 0 Å². The van der Waals surface area contributed by atoms with Crippen LogP contribution in [0.15, 0.2) is 88.2 Å². The van der Waals surface area contributed by atoms with E-state index in [9.17, 15) is 18.3 Å². The lowest BCUT2D eigenvalue weighted by Gasteiger charge is -2.24. The highest BCUT2D eigenvalue weighted by atomic mass is 32.2. The Kier molecular flexibility index (Phi) is 6.24. The summed E-state index contributed by atoms with van der Waals surface area (Å²) in [6.07, 6.45) is 0.645. The summed E-state index contributed by atoms with van der Waals surface area (Å²) in [4.78, 5) is 16.4. The van der Waals surface area contributed by atoms with E-state index in [0.29, 0.717) is 35.9 Å². The Morgan fingerprint density at radius 3 is 2.47 bits per heavy atom. The number of carboxylic acid groups (broad SMARTS) is 1. The number of anilines is 1. The number of nitrogens with zero attached hydrogens (tertiary/aromatic N) is 2. The third-order valence-electron chi connectivity index (χ3n) is 6.11. The molecule has 0 radical (unpaired) electrons. The molecule has 1 atom stereocenters. The first-order valence-corrected chi connectivity index (χ1v) is 12.9. The first-order chi connectivity index (χ1) is 17.3. The minimum atomic E-state index is -4.08. The van der Waals surface area contributed by atoms with Gasteiger partial charge in [0.25, 0.3) is 10.0 Å². The molecular formula is C27H24N2O6S. The molecular weight excluding hydrogens is 480 g/mol. The van der Waals surface area contributed by atoms with Crippen molar-refractivity contribution >= 4 is 21.7 Å². The molecule has 8 nitrogen and oxygen atoms in total. The quantitative estimate of drug-likeness (QED) is 0.377. The summed E-state index contributed by atoms with van der Waals surface area (Å²) in [5.74, 6) is 0.585. The molecule has 9 heteroatoms. The summed E-state index contributed by atoms with van der Waals surface area (Å²) in [7, 11) is -4.08. The molecule has 0 bridgehead atoms. The number of carbonyl (C=O) groups is 1. The van der Waals surface area contributed by atoms with E-state index in [0.717, 1.165) is 21.3 Å². The van der Waals surface area contributed by atoms with Crippen LogP contribution in [-0.4, -0.2) is 37.1 Å². The zero-order valence-electron chi connectivity index (χ0n) is 19.5. The number of hydrogen-bond donors (Lipinski definition) is 1. The van der Waals surface area contributed by atoms with Crippen LogP contribution in [0.2, 0.25) is 0 Å². The number of ether oxygens (including phenoxy) is 1. The number of aryl methyl sites for hydroxylation is 1. The van der Waals surface area contributed by atoms with E-state index in [4.69, 9.17) is 9.15 Å². The van der Waals surface area contributed by atoms with Gasteiger partial charge in [-0.1, -0.05) is 36.4 Å². The van der Waals surface area contributed by atoms with Gasteiger partial charge in [0.05, 0.1) is 22.9 Å². The van der Waals surface area contributed by atoms with Crippen molar-refractivity contribution in [1.29, 1.82) is 0 Å². The monoisotopic (exact) mass is 504 g/mol. The number of oxazole rings is 1. The summed E-state index contributed by atoms with van der Waals surface area (Å²) in [5.41, 5.74) is 2.77. The summed E-state index contributed by atoms with van der Waals surface area (Å²) < 4.78 is 39.3. The van der Waals surface area contributed by atoms with Crippen LogP contribution in [0.4, 0.5) is 5.69 Å². The van der Waals surface area contributed by atoms with Gasteiger partial charge in [-0.05, 0) is 55.0 Å². The number of aliphatic carboxylic acids is 1. The van der Waals surface area contributed by atoms with Gasteiger partial charge in [-0.25, -0.2) is 18.2 Å². The molecule has 1 N–H and O–H groups in total. The van der Waals surface area contributed by atoms with Crippen LogP contribution in [0, 0.1) is 6.92 Å². The Balaban J connectivity index is 1.27. The van der Waals surface area contributed by atoms with Crippen molar-refractivity contribution in [3.05, 3.63) is 95.9 Å². The summed E-state index contributed by atoms with van der Waals surface area (Å²) >= 11 is 0. The van der Waals surface area contributed by atoms with Crippen LogP contribution in [0.25, 0.3) is 11.5 Å². The number of fused-ring (bicyclic) bond motifs is 1. The first-order valence-electron chi connectivity index (χ1n) is 11.4. The molecule has 5 rings (SSSR count). The van der Waals surface area contributed by atoms with Gasteiger partial charge in [0.2, 0.25) is 5.89 Å². The van der Waals surface area contributed by atoms with Crippen LogP contribution in [0.1, 0.15) is 17.0 Å². The van der Waals surface area contributed by atoms with Crippen molar-refractivity contribution < 1.29 is 27.5 Å². The molecule has 1 aliphatic rings. The van der Waals surface area contributed by atoms with Crippen molar-refractivity contribution in [2.75, 3.05) is 10.9 Å². The fourth-order valence-electron chi connectivity index (χ4n) is 4.29. The van der Waals surface area contributed by atoms with Crippen LogP contribution in [0.3, 0.4) is 0 Å². The van der Waals surface area contributed by atoms with Crippen LogP contribution >= 0.6 is 0 Å². The van der Waals surface area contributed by atoms with Gasteiger partial charge in [-0.15, -0.1) is 0 Å². The normalized spacial score (nSPS) is 15.0. The Labute approximate surface area is 208 Å². The number of carboxylic acids is 1. The SMILES string of the molecule is Cc1oc(-c2ccccc2)nc1CCOc1ccc(S(=O)(=O)N2c3ccccc3CC2C(=O)O)cc1. The molecule has 0 spiro atoms. The smallest absolute Gasteiger partial charge is 0.327 e. The van der Waals surface area contributed by atoms with Gasteiger partial charge in [-0.2, -0.15) is 0 Å². The molecule has 1 unspecified atom stereocenters. The zero-order valence-corrected chi connectivity index (χ0v) is 20.3. The second kappa shape index (κ2) is 9.50. The average molecular weight is 505 g/mol. The molecule has 0 saturated heterocycles. The van der Waals surface area contributed by atoms with Gasteiger partial charge in [0, 0.05) is 18.4 Å². The van der Waals surface area contributed by atoms with Crippen LogP contribution in [-0.2, 0) is 27.7 Å². The highest BCUT2D eigenvalue weighted by Crippen LogP contribution is 2.37. The molecule has 0 amide bonds. The highest BCUT2D eigenvalue weighted by molar-refractivity contribution is 7.93. The Bertz CT molecular complexity index is 1500. The van der Waals surface area contributed by atoms with Crippen molar-refractivity contribution in [1.82, 2.24) is 4.98 Å². The van der Waals surface area contributed by atoms with Crippen LogP contribution in [0.5, 0.6) is 5.75 Å². The average Bonchev–Trinajstić information content (AvgIpc) is 3.46. The van der Waals surface area contributed by atoms with Crippen molar-refractivity contribution in [3.63, 3.8) is 0 Å². The maximum absolute atomic E-state index is 13.4. The molecule has 36 heavy (non-hydrogen) atoms. The third kappa shape index (κ3) is 4.45. The fraction of sp³-hybridized carbons (Fsp3) is 0.185. The maximum atomic E-state index is 13.4. The lowest BCUT2D eigenvalue weighted by Crippen LogP contribution is -2.42. The summed E-state index contributed by atoms with van der Waals surface area (Å²) in [6, 6.07) is 21.3. The van der Waals surface area contributed by atoms with Gasteiger partial charge in [-0.3, -0.25) is 4.31 Å². The predicted octanol–water partition coefficient (Wildman–Crippen LogP) is 4.48. The molecule has 1 aromatic heterocycles. The molecule has 4 aromatic rings. The number of rotatable bonds is 8. The van der Waals surface area contributed by atoms with Gasteiger partial charge in [0.1, 0.15) is 17.6 Å². The molecule has 3 aromatic carbocycles. The summed E-state index contributed by atoms with van der Waals surface area (Å²) in [5, 5.41) is 9.65. The number of benzene rings is 3. The first kappa shape index (κ1) is 23.6. The minimum absolute atomic E-state index is 0.00217. The zero-order chi connectivity index (χ0) is 25.3. The number of sulfonamides is 1. The number of para-hydroxylation sites is 1. The number of hydrogen-bond acceptors (Lipinski definition) is 6. The lowest BCUT2D eigenvalue weighted by atomic mass is 10.1. The van der Waals surface area contributed by atoms with E-state index in [1.165, 1.54) is 12.1 Å². The second-order valence-corrected chi connectivity index (χ2v) is 10.3. The minimum Gasteiger partial charge on any atom is -0.493 e. The molecule has 2 heterocycles. The Morgan fingerprint density at radius 1 is 1.06 bits per heavy atom. The molecule has 0 fully saturated rings. The van der Waals surface area contributed by atoms with Gasteiger partial charge >= 0.3 is 5.97 Å². The van der Waals surface area contributed by atoms with E-state index in [-0.39, 0.29) is 11.3 Å². The van der Waals surface area contributed by atoms with Gasteiger partial charge in [0.15, 0.2) is 0 Å². The lowest BCUT2D eigenvalue weighted by molar-refractivity contribution is -0.138. The molecule has 0 aliphatic carbocycles. The van der Waals surface area contributed by atoms with Gasteiger partial charge < -0.3 is 14.3 Å². The largest absolute Gasteiger partial charge is 0.493 e. The van der Waals surface area contributed by atoms with E-state index in [1.54, 1.807) is 36.4 Å². The van der Waals surface area contributed by atoms with Crippen molar-refractivity contribution in [2.24, 2.45) is 0 Å². The summed E-state index contributed by atoms with van der Waals surface area (Å²) in [6.45, 7) is 2.18.